The Kier molecular flexibility index (Phi) is 2.75. The second-order valence-corrected chi connectivity index (χ2v) is 3.33. The van der Waals surface area contributed by atoms with Crippen LogP contribution in [-0.4, -0.2) is 0 Å². The first-order valence-electron chi connectivity index (χ1n) is 4.77. The maximum Gasteiger partial charge on any atom is 0.108 e. The van der Waals surface area contributed by atoms with Crippen LogP contribution >= 0.6 is 0 Å². The molecule has 0 saturated carbocycles. The lowest BCUT2D eigenvalue weighted by Crippen LogP contribution is -1.78. The van der Waals surface area contributed by atoms with Crippen LogP contribution < -0.4 is 0 Å². The summed E-state index contributed by atoms with van der Waals surface area (Å²) in [6, 6.07) is 16.3. The molecule has 0 spiro atoms. The van der Waals surface area contributed by atoms with E-state index < -0.39 is 0 Å². The van der Waals surface area contributed by atoms with Crippen molar-refractivity contribution >= 4 is 5.69 Å². The smallest absolute Gasteiger partial charge is 0.108 e. The normalized spacial score (nSPS) is 9.44. The van der Waals surface area contributed by atoms with E-state index in [1.54, 1.807) is 24.3 Å². The number of nitrogens with zero attached hydrogens (tertiary/aromatic N) is 2. The number of hydrogen-bond acceptors (Lipinski definition) is 3. The molecule has 0 unspecified atom stereocenters. The van der Waals surface area contributed by atoms with E-state index >= 15 is 0 Å². The lowest BCUT2D eigenvalue weighted by atomic mass is 10.0. The van der Waals surface area contributed by atoms with Gasteiger partial charge in [-0.05, 0) is 40.6 Å². The average molecular weight is 208 g/mol. The van der Waals surface area contributed by atoms with Gasteiger partial charge in [0, 0.05) is 0 Å². The summed E-state index contributed by atoms with van der Waals surface area (Å²) in [7, 11) is 0. The van der Waals surface area contributed by atoms with E-state index in [-0.39, 0.29) is 0 Å². The molecule has 76 valence electrons. The van der Waals surface area contributed by atoms with Crippen molar-refractivity contribution in [2.24, 2.45) is 5.18 Å². The van der Waals surface area contributed by atoms with E-state index in [4.69, 9.17) is 5.26 Å². The zero-order chi connectivity index (χ0) is 11.4. The van der Waals surface area contributed by atoms with Gasteiger partial charge in [-0.1, -0.05) is 24.3 Å². The van der Waals surface area contributed by atoms with Crippen molar-refractivity contribution < 1.29 is 0 Å². The van der Waals surface area contributed by atoms with Crippen molar-refractivity contribution in [1.82, 2.24) is 0 Å². The van der Waals surface area contributed by atoms with Gasteiger partial charge < -0.3 is 0 Å². The number of benzene rings is 2. The Hall–Kier alpha value is -2.47. The van der Waals surface area contributed by atoms with Crippen LogP contribution in [-0.2, 0) is 0 Å². The Morgan fingerprint density at radius 1 is 0.875 bits per heavy atom. The maximum absolute atomic E-state index is 10.3. The molecule has 0 aromatic heterocycles. The van der Waals surface area contributed by atoms with Crippen LogP contribution in [0.3, 0.4) is 0 Å². The Labute approximate surface area is 92.9 Å². The van der Waals surface area contributed by atoms with E-state index in [0.717, 1.165) is 11.1 Å². The fourth-order valence-electron chi connectivity index (χ4n) is 1.45. The van der Waals surface area contributed by atoms with Crippen LogP contribution in [0.4, 0.5) is 5.69 Å². The first-order chi connectivity index (χ1) is 7.83. The van der Waals surface area contributed by atoms with Crippen LogP contribution in [0.15, 0.2) is 53.7 Å². The molecule has 0 radical (unpaired) electrons. The van der Waals surface area contributed by atoms with Gasteiger partial charge in [-0.2, -0.15) is 5.26 Å². The Morgan fingerprint density at radius 3 is 1.81 bits per heavy atom. The summed E-state index contributed by atoms with van der Waals surface area (Å²) < 4.78 is 0. The highest BCUT2D eigenvalue weighted by Crippen LogP contribution is 2.22. The fourth-order valence-corrected chi connectivity index (χ4v) is 1.45. The summed E-state index contributed by atoms with van der Waals surface area (Å²) >= 11 is 0. The van der Waals surface area contributed by atoms with Crippen molar-refractivity contribution in [3.05, 3.63) is 59.0 Å². The minimum atomic E-state index is 0.414. The van der Waals surface area contributed by atoms with Crippen LogP contribution in [0.5, 0.6) is 0 Å². The molecule has 2 aromatic rings. The Morgan fingerprint density at radius 2 is 1.38 bits per heavy atom. The summed E-state index contributed by atoms with van der Waals surface area (Å²) in [4.78, 5) is 10.3. The van der Waals surface area contributed by atoms with Gasteiger partial charge in [0.15, 0.2) is 0 Å². The number of rotatable bonds is 2. The van der Waals surface area contributed by atoms with E-state index in [0.29, 0.717) is 11.3 Å². The molecule has 0 heterocycles. The minimum Gasteiger partial charge on any atom is -0.192 e. The second kappa shape index (κ2) is 4.37. The van der Waals surface area contributed by atoms with Crippen molar-refractivity contribution in [1.29, 1.82) is 5.26 Å². The number of nitriles is 1. The van der Waals surface area contributed by atoms with E-state index in [1.807, 2.05) is 24.3 Å². The van der Waals surface area contributed by atoms with Gasteiger partial charge >= 0.3 is 0 Å². The van der Waals surface area contributed by atoms with Gasteiger partial charge in [0.1, 0.15) is 5.69 Å². The molecular weight excluding hydrogens is 200 g/mol. The minimum absolute atomic E-state index is 0.414. The van der Waals surface area contributed by atoms with Crippen molar-refractivity contribution in [2.45, 2.75) is 0 Å². The second-order valence-electron chi connectivity index (χ2n) is 3.33. The van der Waals surface area contributed by atoms with Crippen molar-refractivity contribution in [3.8, 4) is 17.2 Å². The zero-order valence-electron chi connectivity index (χ0n) is 8.42. The van der Waals surface area contributed by atoms with Gasteiger partial charge in [-0.15, -0.1) is 4.91 Å². The Bertz CT molecular complexity index is 536. The largest absolute Gasteiger partial charge is 0.192 e. The first-order valence-corrected chi connectivity index (χ1v) is 4.77. The molecule has 3 nitrogen and oxygen atoms in total. The topological polar surface area (TPSA) is 53.2 Å². The van der Waals surface area contributed by atoms with Crippen LogP contribution in [0.25, 0.3) is 11.1 Å². The summed E-state index contributed by atoms with van der Waals surface area (Å²) in [5.74, 6) is 0. The molecule has 0 fully saturated rings. The molecule has 0 bridgehead atoms. The third kappa shape index (κ3) is 1.96. The third-order valence-corrected chi connectivity index (χ3v) is 2.32. The predicted octanol–water partition coefficient (Wildman–Crippen LogP) is 3.62. The van der Waals surface area contributed by atoms with Gasteiger partial charge in [0.25, 0.3) is 0 Å². The van der Waals surface area contributed by atoms with Crippen LogP contribution in [0.2, 0.25) is 0 Å². The molecule has 3 heteroatoms. The molecule has 0 aliphatic heterocycles. The molecular formula is C13H8N2O. The first kappa shape index (κ1) is 10.1. The highest BCUT2D eigenvalue weighted by Gasteiger charge is 1.98. The predicted molar refractivity (Wildman–Crippen MR) is 62.0 cm³/mol. The molecule has 0 amide bonds. The molecule has 0 aliphatic rings. The lowest BCUT2D eigenvalue weighted by molar-refractivity contribution is 1.47. The third-order valence-electron chi connectivity index (χ3n) is 2.32. The molecule has 0 saturated heterocycles. The molecule has 16 heavy (non-hydrogen) atoms. The zero-order valence-corrected chi connectivity index (χ0v) is 8.42. The maximum atomic E-state index is 10.3. The molecule has 0 aliphatic carbocycles. The summed E-state index contributed by atoms with van der Waals surface area (Å²) in [5.41, 5.74) is 3.06. The molecule has 2 rings (SSSR count). The number of hydrogen-bond donors (Lipinski definition) is 0. The van der Waals surface area contributed by atoms with E-state index in [2.05, 4.69) is 11.2 Å². The van der Waals surface area contributed by atoms with Gasteiger partial charge in [-0.25, -0.2) is 0 Å². The summed E-state index contributed by atoms with van der Waals surface area (Å²) in [6.07, 6.45) is 0. The number of nitroso groups, excluding NO2 is 1. The fraction of sp³-hybridized carbons (Fsp3) is 0. The van der Waals surface area contributed by atoms with Crippen molar-refractivity contribution in [3.63, 3.8) is 0 Å². The van der Waals surface area contributed by atoms with Crippen molar-refractivity contribution in [2.75, 3.05) is 0 Å². The van der Waals surface area contributed by atoms with Crippen LogP contribution in [0, 0.1) is 16.2 Å². The lowest BCUT2D eigenvalue weighted by Gasteiger charge is -2.01. The monoisotopic (exact) mass is 208 g/mol. The average Bonchev–Trinajstić information content (AvgIpc) is 2.39. The standard InChI is InChI=1S/C13H8N2O/c14-9-10-1-3-11(4-2-10)12-5-7-13(15-16)8-6-12/h1-8H. The quantitative estimate of drug-likeness (QED) is 0.707. The van der Waals surface area contributed by atoms with E-state index in [9.17, 15) is 4.91 Å². The Balaban J connectivity index is 2.35. The molecule has 2 aromatic carbocycles. The summed E-state index contributed by atoms with van der Waals surface area (Å²) in [5, 5.41) is 11.5. The highest BCUT2D eigenvalue weighted by atomic mass is 16.3. The van der Waals surface area contributed by atoms with Crippen LogP contribution in [0.1, 0.15) is 5.56 Å². The van der Waals surface area contributed by atoms with Gasteiger partial charge in [-0.3, -0.25) is 0 Å². The molecule has 0 N–H and O–H groups in total. The van der Waals surface area contributed by atoms with Gasteiger partial charge in [0.05, 0.1) is 11.6 Å². The SMILES string of the molecule is N#Cc1ccc(-c2ccc(N=O)cc2)cc1. The van der Waals surface area contributed by atoms with E-state index in [1.165, 1.54) is 0 Å². The highest BCUT2D eigenvalue weighted by molar-refractivity contribution is 5.66. The molecule has 0 atom stereocenters. The van der Waals surface area contributed by atoms with Gasteiger partial charge in [0.2, 0.25) is 0 Å². The summed E-state index contributed by atoms with van der Waals surface area (Å²) in [6.45, 7) is 0.